The lowest BCUT2D eigenvalue weighted by molar-refractivity contribution is 0.270. The van der Waals surface area contributed by atoms with Crippen LogP contribution in [-0.4, -0.2) is 21.9 Å². The van der Waals surface area contributed by atoms with Crippen molar-refractivity contribution in [3.63, 3.8) is 0 Å². The van der Waals surface area contributed by atoms with Gasteiger partial charge in [-0.1, -0.05) is 23.3 Å². The minimum absolute atomic E-state index is 0.170. The maximum Gasteiger partial charge on any atom is 0.343 e. The zero-order chi connectivity index (χ0) is 20.9. The number of fused-ring (bicyclic) bond motifs is 2. The van der Waals surface area contributed by atoms with Crippen LogP contribution in [0.4, 0.5) is 0 Å². The number of rotatable bonds is 3. The van der Waals surface area contributed by atoms with Gasteiger partial charge in [0.05, 0.1) is 34.4 Å². The van der Waals surface area contributed by atoms with Crippen LogP contribution in [0.5, 0.6) is 11.5 Å². The Hall–Kier alpha value is -3.58. The molecule has 2 heterocycles. The molecular weight excluding hydrogens is 376 g/mol. The summed E-state index contributed by atoms with van der Waals surface area (Å²) >= 11 is 0. The van der Waals surface area contributed by atoms with Crippen molar-refractivity contribution in [3.8, 4) is 11.5 Å². The first-order chi connectivity index (χ1) is 13.8. The molecule has 7 heteroatoms. The van der Waals surface area contributed by atoms with Gasteiger partial charge in [0.15, 0.2) is 0 Å². The van der Waals surface area contributed by atoms with E-state index in [0.29, 0.717) is 0 Å². The molecule has 0 radical (unpaired) electrons. The molecule has 0 saturated carbocycles. The Morgan fingerprint density at radius 1 is 0.793 bits per heavy atom. The normalized spacial score (nSPS) is 11.6. The van der Waals surface area contributed by atoms with Crippen LogP contribution >= 0.6 is 0 Å². The van der Waals surface area contributed by atoms with Crippen molar-refractivity contribution in [1.82, 2.24) is 0 Å². The number of aromatic hydroxyl groups is 2. The van der Waals surface area contributed by atoms with Crippen LogP contribution in [0, 0.1) is 13.8 Å². The van der Waals surface area contributed by atoms with Gasteiger partial charge in [-0.2, -0.15) is 0 Å². The van der Waals surface area contributed by atoms with E-state index in [-0.39, 0.29) is 33.1 Å². The smallest absolute Gasteiger partial charge is 0.343 e. The first kappa shape index (κ1) is 18.8. The zero-order valence-electron chi connectivity index (χ0n) is 15.7. The van der Waals surface area contributed by atoms with Crippen molar-refractivity contribution in [1.29, 1.82) is 0 Å². The van der Waals surface area contributed by atoms with Crippen molar-refractivity contribution in [2.45, 2.75) is 19.8 Å². The van der Waals surface area contributed by atoms with Crippen molar-refractivity contribution in [2.75, 3.05) is 6.61 Å². The molecular formula is C22H18O7. The van der Waals surface area contributed by atoms with Crippen molar-refractivity contribution >= 4 is 21.9 Å². The summed E-state index contributed by atoms with van der Waals surface area (Å²) in [5.41, 5.74) is -0.497. The standard InChI is InChI=1S/C22H18O7/c1-10-3-5-15-12(7-10)19(24)17(21(26)28-15)14(9-23)18-20(25)13-8-11(2)4-6-16(13)29-22(18)27/h3-8,14,23-25H,9H2,1-2H3. The van der Waals surface area contributed by atoms with E-state index >= 15 is 0 Å². The lowest BCUT2D eigenvalue weighted by Crippen LogP contribution is -2.22. The summed E-state index contributed by atoms with van der Waals surface area (Å²) in [6.07, 6.45) is 0. The molecule has 0 amide bonds. The van der Waals surface area contributed by atoms with Gasteiger partial charge in [-0.15, -0.1) is 0 Å². The Labute approximate surface area is 164 Å². The Kier molecular flexibility index (Phi) is 4.39. The van der Waals surface area contributed by atoms with E-state index in [1.54, 1.807) is 50.2 Å². The van der Waals surface area contributed by atoms with Crippen LogP contribution in [0.3, 0.4) is 0 Å². The minimum atomic E-state index is -1.34. The molecule has 0 atom stereocenters. The van der Waals surface area contributed by atoms with Crippen LogP contribution in [0.1, 0.15) is 28.2 Å². The topological polar surface area (TPSA) is 121 Å². The molecule has 2 aromatic carbocycles. The summed E-state index contributed by atoms with van der Waals surface area (Å²) < 4.78 is 10.6. The molecule has 0 spiro atoms. The molecule has 4 rings (SSSR count). The fourth-order valence-corrected chi connectivity index (χ4v) is 3.57. The molecule has 29 heavy (non-hydrogen) atoms. The van der Waals surface area contributed by atoms with Gasteiger partial charge in [0, 0.05) is 0 Å². The first-order valence-corrected chi connectivity index (χ1v) is 8.95. The highest BCUT2D eigenvalue weighted by atomic mass is 16.4. The van der Waals surface area contributed by atoms with Crippen LogP contribution in [0.25, 0.3) is 21.9 Å². The predicted octanol–water partition coefficient (Wildman–Crippen LogP) is 3.05. The monoisotopic (exact) mass is 394 g/mol. The van der Waals surface area contributed by atoms with E-state index in [2.05, 4.69) is 0 Å². The van der Waals surface area contributed by atoms with Crippen molar-refractivity contribution in [3.05, 3.63) is 79.5 Å². The highest BCUT2D eigenvalue weighted by Crippen LogP contribution is 2.38. The fourth-order valence-electron chi connectivity index (χ4n) is 3.57. The largest absolute Gasteiger partial charge is 0.507 e. The second kappa shape index (κ2) is 6.79. The molecule has 0 aliphatic heterocycles. The second-order valence-corrected chi connectivity index (χ2v) is 7.04. The molecule has 0 bridgehead atoms. The van der Waals surface area contributed by atoms with Crippen LogP contribution in [-0.2, 0) is 0 Å². The summed E-state index contributed by atoms with van der Waals surface area (Å²) in [5, 5.41) is 32.1. The van der Waals surface area contributed by atoms with E-state index in [1.165, 1.54) is 0 Å². The maximum atomic E-state index is 12.6. The highest BCUT2D eigenvalue weighted by Gasteiger charge is 2.30. The van der Waals surface area contributed by atoms with Crippen molar-refractivity contribution < 1.29 is 24.2 Å². The average molecular weight is 394 g/mol. The van der Waals surface area contributed by atoms with Gasteiger partial charge in [0.1, 0.15) is 22.7 Å². The molecule has 3 N–H and O–H groups in total. The number of aliphatic hydroxyl groups is 1. The molecule has 0 saturated heterocycles. The van der Waals surface area contributed by atoms with E-state index in [9.17, 15) is 24.9 Å². The minimum Gasteiger partial charge on any atom is -0.507 e. The van der Waals surface area contributed by atoms with Gasteiger partial charge in [-0.05, 0) is 38.1 Å². The highest BCUT2D eigenvalue weighted by molar-refractivity contribution is 5.87. The van der Waals surface area contributed by atoms with Gasteiger partial charge in [-0.3, -0.25) is 0 Å². The Balaban J connectivity index is 2.05. The van der Waals surface area contributed by atoms with Crippen LogP contribution < -0.4 is 11.3 Å². The molecule has 0 aliphatic carbocycles. The summed E-state index contributed by atoms with van der Waals surface area (Å²) in [6.45, 7) is 2.88. The summed E-state index contributed by atoms with van der Waals surface area (Å²) in [5.74, 6) is -2.17. The summed E-state index contributed by atoms with van der Waals surface area (Å²) in [7, 11) is 0. The van der Waals surface area contributed by atoms with Crippen LogP contribution in [0.2, 0.25) is 0 Å². The summed E-state index contributed by atoms with van der Waals surface area (Å²) in [6, 6.07) is 9.79. The van der Waals surface area contributed by atoms with Crippen LogP contribution in [0.15, 0.2) is 54.8 Å². The Morgan fingerprint density at radius 3 is 1.59 bits per heavy atom. The van der Waals surface area contributed by atoms with Crippen molar-refractivity contribution in [2.24, 2.45) is 0 Å². The number of hydrogen-bond donors (Lipinski definition) is 3. The summed E-state index contributed by atoms with van der Waals surface area (Å²) in [4.78, 5) is 25.2. The molecule has 2 aromatic heterocycles. The number of aliphatic hydroxyl groups excluding tert-OH is 1. The van der Waals surface area contributed by atoms with Gasteiger partial charge in [0.2, 0.25) is 0 Å². The lowest BCUT2D eigenvalue weighted by atomic mass is 9.91. The molecule has 148 valence electrons. The molecule has 0 fully saturated rings. The van der Waals surface area contributed by atoms with Gasteiger partial charge >= 0.3 is 11.3 Å². The fraction of sp³-hybridized carbons (Fsp3) is 0.182. The van der Waals surface area contributed by atoms with E-state index in [1.807, 2.05) is 0 Å². The Morgan fingerprint density at radius 2 is 1.21 bits per heavy atom. The maximum absolute atomic E-state index is 12.6. The lowest BCUT2D eigenvalue weighted by Gasteiger charge is -2.17. The number of hydrogen-bond acceptors (Lipinski definition) is 7. The molecule has 0 unspecified atom stereocenters. The van der Waals surface area contributed by atoms with Gasteiger partial charge in [-0.25, -0.2) is 9.59 Å². The SMILES string of the molecule is Cc1ccc2oc(=O)c(C(CO)c3c(O)c4cc(C)ccc4oc3=O)c(O)c2c1. The number of aryl methyl sites for hydroxylation is 2. The quantitative estimate of drug-likeness (QED) is 0.457. The third-order valence-electron chi connectivity index (χ3n) is 5.02. The van der Waals surface area contributed by atoms with Gasteiger partial charge in [0.25, 0.3) is 0 Å². The zero-order valence-corrected chi connectivity index (χ0v) is 15.7. The molecule has 0 aliphatic rings. The number of benzene rings is 2. The molecule has 7 nitrogen and oxygen atoms in total. The average Bonchev–Trinajstić information content (AvgIpc) is 2.68. The van der Waals surface area contributed by atoms with E-state index in [0.717, 1.165) is 11.1 Å². The van der Waals surface area contributed by atoms with E-state index < -0.39 is 35.3 Å². The predicted molar refractivity (Wildman–Crippen MR) is 107 cm³/mol. The third-order valence-corrected chi connectivity index (χ3v) is 5.02. The first-order valence-electron chi connectivity index (χ1n) is 8.95. The second-order valence-electron chi connectivity index (χ2n) is 7.04. The van der Waals surface area contributed by atoms with E-state index in [4.69, 9.17) is 8.83 Å². The third kappa shape index (κ3) is 2.96. The van der Waals surface area contributed by atoms with Gasteiger partial charge < -0.3 is 24.2 Å². The Bertz CT molecular complexity index is 1270. The molecule has 4 aromatic rings.